The summed E-state index contributed by atoms with van der Waals surface area (Å²) in [6, 6.07) is 5.21. The zero-order valence-corrected chi connectivity index (χ0v) is 10.2. The van der Waals surface area contributed by atoms with Crippen molar-refractivity contribution >= 4 is 11.6 Å². The van der Waals surface area contributed by atoms with Gasteiger partial charge in [-0.2, -0.15) is 0 Å². The smallest absolute Gasteiger partial charge is 0.254 e. The van der Waals surface area contributed by atoms with Gasteiger partial charge in [0.2, 0.25) is 0 Å². The summed E-state index contributed by atoms with van der Waals surface area (Å²) in [5.74, 6) is 0.635. The molecule has 0 atom stereocenters. The first-order valence-electron chi connectivity index (χ1n) is 5.01. The third-order valence-electron chi connectivity index (χ3n) is 2.50. The SMILES string of the molecule is COc1ccc(Cl)cc1-c1nc[nH]c(=O)c1C. The molecule has 0 aliphatic heterocycles. The Bertz CT molecular complexity index is 608. The number of hydrogen-bond donors (Lipinski definition) is 1. The predicted octanol–water partition coefficient (Wildman–Crippen LogP) is 2.41. The Balaban J connectivity index is 2.71. The van der Waals surface area contributed by atoms with E-state index < -0.39 is 0 Å². The highest BCUT2D eigenvalue weighted by Crippen LogP contribution is 2.31. The van der Waals surface area contributed by atoms with Crippen molar-refractivity contribution in [2.24, 2.45) is 0 Å². The maximum atomic E-state index is 11.5. The second kappa shape index (κ2) is 4.59. The van der Waals surface area contributed by atoms with Crippen molar-refractivity contribution in [3.05, 3.63) is 45.5 Å². The number of ether oxygens (including phenoxy) is 1. The molecule has 1 aromatic heterocycles. The zero-order valence-electron chi connectivity index (χ0n) is 9.45. The second-order valence-electron chi connectivity index (χ2n) is 3.55. The quantitative estimate of drug-likeness (QED) is 0.891. The fourth-order valence-electron chi connectivity index (χ4n) is 1.60. The van der Waals surface area contributed by atoms with Crippen molar-refractivity contribution in [3.8, 4) is 17.0 Å². The topological polar surface area (TPSA) is 55.0 Å². The Labute approximate surface area is 103 Å². The van der Waals surface area contributed by atoms with E-state index >= 15 is 0 Å². The van der Waals surface area contributed by atoms with Gasteiger partial charge in [-0.3, -0.25) is 4.79 Å². The molecule has 0 aliphatic rings. The monoisotopic (exact) mass is 250 g/mol. The summed E-state index contributed by atoms with van der Waals surface area (Å²) < 4.78 is 5.24. The Kier molecular flexibility index (Phi) is 3.15. The summed E-state index contributed by atoms with van der Waals surface area (Å²) in [7, 11) is 1.56. The molecule has 1 heterocycles. The van der Waals surface area contributed by atoms with Crippen LogP contribution in [0.2, 0.25) is 5.02 Å². The van der Waals surface area contributed by atoms with Crippen molar-refractivity contribution in [1.82, 2.24) is 9.97 Å². The van der Waals surface area contributed by atoms with Gasteiger partial charge in [0.05, 0.1) is 19.1 Å². The third kappa shape index (κ3) is 2.17. The Hall–Kier alpha value is -1.81. The minimum atomic E-state index is -0.169. The van der Waals surface area contributed by atoms with Gasteiger partial charge in [-0.25, -0.2) is 4.98 Å². The van der Waals surface area contributed by atoms with Crippen molar-refractivity contribution < 1.29 is 4.74 Å². The Morgan fingerprint density at radius 3 is 2.88 bits per heavy atom. The van der Waals surface area contributed by atoms with E-state index in [1.54, 1.807) is 32.2 Å². The molecule has 5 heteroatoms. The van der Waals surface area contributed by atoms with Crippen LogP contribution in [0.1, 0.15) is 5.56 Å². The van der Waals surface area contributed by atoms with E-state index in [0.717, 1.165) is 0 Å². The van der Waals surface area contributed by atoms with Gasteiger partial charge in [-0.05, 0) is 25.1 Å². The lowest BCUT2D eigenvalue weighted by atomic mass is 10.1. The van der Waals surface area contributed by atoms with E-state index in [0.29, 0.717) is 27.6 Å². The molecule has 1 N–H and O–H groups in total. The van der Waals surface area contributed by atoms with E-state index in [9.17, 15) is 4.79 Å². The van der Waals surface area contributed by atoms with Crippen LogP contribution in [0.15, 0.2) is 29.3 Å². The number of nitrogens with one attached hydrogen (secondary N) is 1. The van der Waals surface area contributed by atoms with Gasteiger partial charge in [-0.15, -0.1) is 0 Å². The van der Waals surface area contributed by atoms with Gasteiger partial charge >= 0.3 is 0 Å². The molecule has 0 radical (unpaired) electrons. The fraction of sp³-hybridized carbons (Fsp3) is 0.167. The standard InChI is InChI=1S/C12H11ClN2O2/c1-7-11(14-6-15-12(7)16)9-5-8(13)3-4-10(9)17-2/h3-6H,1-2H3,(H,14,15,16). The molecular formula is C12H11ClN2O2. The first-order chi connectivity index (χ1) is 8.13. The van der Waals surface area contributed by atoms with Crippen molar-refractivity contribution in [1.29, 1.82) is 0 Å². The molecule has 0 amide bonds. The van der Waals surface area contributed by atoms with Crippen LogP contribution >= 0.6 is 11.6 Å². The van der Waals surface area contributed by atoms with E-state index in [4.69, 9.17) is 16.3 Å². The number of aromatic amines is 1. The minimum absolute atomic E-state index is 0.169. The van der Waals surface area contributed by atoms with Crippen LogP contribution in [0.4, 0.5) is 0 Å². The number of nitrogens with zero attached hydrogens (tertiary/aromatic N) is 1. The molecule has 0 bridgehead atoms. The lowest BCUT2D eigenvalue weighted by Gasteiger charge is -2.09. The van der Waals surface area contributed by atoms with E-state index in [-0.39, 0.29) is 5.56 Å². The second-order valence-corrected chi connectivity index (χ2v) is 3.99. The van der Waals surface area contributed by atoms with Gasteiger partial charge in [0.15, 0.2) is 0 Å². The van der Waals surface area contributed by atoms with Crippen LogP contribution in [0.3, 0.4) is 0 Å². The number of rotatable bonds is 2. The largest absolute Gasteiger partial charge is 0.496 e. The van der Waals surface area contributed by atoms with Crippen molar-refractivity contribution in [3.63, 3.8) is 0 Å². The molecule has 0 unspecified atom stereocenters. The third-order valence-corrected chi connectivity index (χ3v) is 2.74. The maximum absolute atomic E-state index is 11.5. The molecule has 0 saturated carbocycles. The molecule has 0 spiro atoms. The summed E-state index contributed by atoms with van der Waals surface area (Å²) in [6.07, 6.45) is 1.37. The number of halogens is 1. The van der Waals surface area contributed by atoms with Crippen LogP contribution < -0.4 is 10.3 Å². The summed E-state index contributed by atoms with van der Waals surface area (Å²) in [6.45, 7) is 1.71. The number of hydrogen-bond acceptors (Lipinski definition) is 3. The highest BCUT2D eigenvalue weighted by Gasteiger charge is 2.12. The van der Waals surface area contributed by atoms with E-state index in [2.05, 4.69) is 9.97 Å². The molecule has 4 nitrogen and oxygen atoms in total. The summed E-state index contributed by atoms with van der Waals surface area (Å²) >= 11 is 5.95. The van der Waals surface area contributed by atoms with Gasteiger partial charge < -0.3 is 9.72 Å². The normalized spacial score (nSPS) is 10.3. The molecule has 88 valence electrons. The first-order valence-corrected chi connectivity index (χ1v) is 5.39. The number of benzene rings is 1. The Morgan fingerprint density at radius 1 is 1.41 bits per heavy atom. The van der Waals surface area contributed by atoms with Crippen molar-refractivity contribution in [2.75, 3.05) is 7.11 Å². The van der Waals surface area contributed by atoms with Gasteiger partial charge in [-0.1, -0.05) is 11.6 Å². The summed E-state index contributed by atoms with van der Waals surface area (Å²) in [5.41, 5.74) is 1.65. The van der Waals surface area contributed by atoms with Gasteiger partial charge in [0, 0.05) is 16.1 Å². The molecule has 2 aromatic rings. The average molecular weight is 251 g/mol. The molecule has 0 saturated heterocycles. The van der Waals surface area contributed by atoms with Crippen LogP contribution in [0, 0.1) is 6.92 Å². The molecule has 0 fully saturated rings. The molecular weight excluding hydrogens is 240 g/mol. The number of H-pyrrole nitrogens is 1. The van der Waals surface area contributed by atoms with Gasteiger partial charge in [0.1, 0.15) is 5.75 Å². The van der Waals surface area contributed by atoms with Crippen LogP contribution in [0.25, 0.3) is 11.3 Å². The first kappa shape index (κ1) is 11.7. The van der Waals surface area contributed by atoms with Crippen LogP contribution in [-0.2, 0) is 0 Å². The Morgan fingerprint density at radius 2 is 2.18 bits per heavy atom. The highest BCUT2D eigenvalue weighted by molar-refractivity contribution is 6.31. The minimum Gasteiger partial charge on any atom is -0.496 e. The van der Waals surface area contributed by atoms with Crippen molar-refractivity contribution in [2.45, 2.75) is 6.92 Å². The molecule has 2 rings (SSSR count). The number of methoxy groups -OCH3 is 1. The molecule has 17 heavy (non-hydrogen) atoms. The number of aromatic nitrogens is 2. The molecule has 0 aliphatic carbocycles. The van der Waals surface area contributed by atoms with Crippen LogP contribution in [-0.4, -0.2) is 17.1 Å². The van der Waals surface area contributed by atoms with Gasteiger partial charge in [0.25, 0.3) is 5.56 Å². The summed E-state index contributed by atoms with van der Waals surface area (Å²) in [5, 5.41) is 0.572. The van der Waals surface area contributed by atoms with E-state index in [1.165, 1.54) is 6.33 Å². The predicted molar refractivity (Wildman–Crippen MR) is 66.6 cm³/mol. The van der Waals surface area contributed by atoms with Crippen LogP contribution in [0.5, 0.6) is 5.75 Å². The maximum Gasteiger partial charge on any atom is 0.254 e. The molecule has 1 aromatic carbocycles. The lowest BCUT2D eigenvalue weighted by molar-refractivity contribution is 0.416. The summed E-state index contributed by atoms with van der Waals surface area (Å²) in [4.78, 5) is 18.2. The highest BCUT2D eigenvalue weighted by atomic mass is 35.5. The van der Waals surface area contributed by atoms with E-state index in [1.807, 2.05) is 0 Å². The zero-order chi connectivity index (χ0) is 12.4. The lowest BCUT2D eigenvalue weighted by Crippen LogP contribution is -2.11. The fourth-order valence-corrected chi connectivity index (χ4v) is 1.78. The average Bonchev–Trinajstić information content (AvgIpc) is 2.33.